The molecule has 10 aromatic carbocycles. The van der Waals surface area contributed by atoms with E-state index in [2.05, 4.69) is 344 Å². The maximum absolute atomic E-state index is 2.64. The molecule has 0 radical (unpaired) electrons. The minimum absolute atomic E-state index is 0.00890. The van der Waals surface area contributed by atoms with Gasteiger partial charge in [0.05, 0.1) is 27.1 Å². The molecular formula is C84H87BN4S. The Morgan fingerprint density at radius 3 is 1.23 bits per heavy atom. The van der Waals surface area contributed by atoms with Crippen LogP contribution in [0.1, 0.15) is 158 Å². The van der Waals surface area contributed by atoms with Crippen LogP contribution in [-0.4, -0.2) is 11.3 Å². The largest absolute Gasteiger partial charge is 0.311 e. The number of nitrogens with zero attached hydrogens (tertiary/aromatic N) is 4. The summed E-state index contributed by atoms with van der Waals surface area (Å²) in [5.41, 5.74) is 25.8. The normalized spacial score (nSPS) is 13.8. The SMILES string of the molecule is CC(C)(C)c1ccc(N(c2ccc(C(C)(C)C)cc2)c2ccc3c(c2)N(c2ccc(C(C)(C)C)cc2)c2cccc4c2B3c2cc(-n3c5ccc(C(C)(C)C)cc5c5cc(C(C)(C)C)ccc53)c3c(sc5ccccc53)c2N4c2ccc(C(C)(C)C)cc2)cc1. The average molecular weight is 1200 g/mol. The summed E-state index contributed by atoms with van der Waals surface area (Å²) in [6.45, 7) is 41.6. The molecule has 6 heteroatoms. The van der Waals surface area contributed by atoms with Crippen molar-refractivity contribution in [3.63, 3.8) is 0 Å². The predicted octanol–water partition coefficient (Wildman–Crippen LogP) is 22.5. The van der Waals surface area contributed by atoms with Gasteiger partial charge in [0.25, 0.3) is 6.71 Å². The molecule has 2 aromatic heterocycles. The lowest BCUT2D eigenvalue weighted by molar-refractivity contribution is 0.590. The zero-order valence-electron chi connectivity index (χ0n) is 56.3. The monoisotopic (exact) mass is 1190 g/mol. The minimum atomic E-state index is -0.155. The van der Waals surface area contributed by atoms with E-state index in [0.29, 0.717) is 0 Å². The highest BCUT2D eigenvalue weighted by Crippen LogP contribution is 2.53. The Hall–Kier alpha value is -8.32. The number of aromatic nitrogens is 1. The molecule has 2 aliphatic heterocycles. The quantitative estimate of drug-likeness (QED) is 0.154. The highest BCUT2D eigenvalue weighted by atomic mass is 32.1. The summed E-state index contributed by atoms with van der Waals surface area (Å²) in [5, 5.41) is 5.13. The summed E-state index contributed by atoms with van der Waals surface area (Å²) in [6, 6.07) is 78.4. The van der Waals surface area contributed by atoms with Crippen molar-refractivity contribution in [1.29, 1.82) is 0 Å². The van der Waals surface area contributed by atoms with E-state index in [1.165, 1.54) is 120 Å². The molecule has 0 atom stereocenters. The molecule has 0 spiro atoms. The minimum Gasteiger partial charge on any atom is -0.311 e. The van der Waals surface area contributed by atoms with Crippen LogP contribution in [0.3, 0.4) is 0 Å². The summed E-state index contributed by atoms with van der Waals surface area (Å²) < 4.78 is 5.20. The van der Waals surface area contributed by atoms with Crippen molar-refractivity contribution in [3.05, 3.63) is 234 Å². The lowest BCUT2D eigenvalue weighted by Crippen LogP contribution is -2.61. The van der Waals surface area contributed by atoms with Crippen molar-refractivity contribution < 1.29 is 0 Å². The van der Waals surface area contributed by atoms with Gasteiger partial charge in [-0.15, -0.1) is 11.3 Å². The van der Waals surface area contributed by atoms with Gasteiger partial charge in [0, 0.05) is 71.7 Å². The van der Waals surface area contributed by atoms with E-state index in [9.17, 15) is 0 Å². The first kappa shape index (κ1) is 59.3. The fourth-order valence-corrected chi connectivity index (χ4v) is 15.5. The summed E-state index contributed by atoms with van der Waals surface area (Å²) >= 11 is 1.94. The topological polar surface area (TPSA) is 14.7 Å². The summed E-state index contributed by atoms with van der Waals surface area (Å²) in [6.07, 6.45) is 0. The van der Waals surface area contributed by atoms with Crippen molar-refractivity contribution in [2.24, 2.45) is 0 Å². The Morgan fingerprint density at radius 1 is 0.333 bits per heavy atom. The van der Waals surface area contributed by atoms with Crippen LogP contribution in [0.4, 0.5) is 51.2 Å². The van der Waals surface area contributed by atoms with Crippen molar-refractivity contribution >= 4 is 128 Å². The molecule has 0 saturated carbocycles. The zero-order valence-corrected chi connectivity index (χ0v) is 57.1. The zero-order chi connectivity index (χ0) is 63.5. The Bertz CT molecular complexity index is 4680. The third-order valence-electron chi connectivity index (χ3n) is 19.5. The van der Waals surface area contributed by atoms with Crippen LogP contribution in [0.5, 0.6) is 0 Å². The highest BCUT2D eigenvalue weighted by Gasteiger charge is 2.45. The van der Waals surface area contributed by atoms with Gasteiger partial charge in [-0.05, 0) is 191 Å². The molecule has 0 aliphatic carbocycles. The van der Waals surface area contributed by atoms with E-state index in [1.54, 1.807) is 0 Å². The first-order chi connectivity index (χ1) is 42.4. The van der Waals surface area contributed by atoms with E-state index in [-0.39, 0.29) is 39.2 Å². The van der Waals surface area contributed by atoms with Crippen molar-refractivity contribution in [2.45, 2.75) is 157 Å². The Balaban J connectivity index is 1.11. The summed E-state index contributed by atoms with van der Waals surface area (Å²) in [7, 11) is 0. The van der Waals surface area contributed by atoms with E-state index < -0.39 is 0 Å². The lowest BCUT2D eigenvalue weighted by Gasteiger charge is -2.45. The molecule has 0 bridgehead atoms. The first-order valence-electron chi connectivity index (χ1n) is 32.6. The number of fused-ring (bicyclic) bond motifs is 11. The van der Waals surface area contributed by atoms with Crippen molar-refractivity contribution in [3.8, 4) is 5.69 Å². The molecule has 14 rings (SSSR count). The maximum Gasteiger partial charge on any atom is 0.252 e. The van der Waals surface area contributed by atoms with Crippen LogP contribution >= 0.6 is 11.3 Å². The van der Waals surface area contributed by atoms with Gasteiger partial charge in [-0.1, -0.05) is 216 Å². The molecule has 0 N–H and O–H groups in total. The third kappa shape index (κ3) is 9.86. The third-order valence-corrected chi connectivity index (χ3v) is 20.7. The van der Waals surface area contributed by atoms with Crippen molar-refractivity contribution in [2.75, 3.05) is 14.7 Å². The molecule has 2 aliphatic rings. The fraction of sp³-hybridized carbons (Fsp3) is 0.286. The van der Waals surface area contributed by atoms with Gasteiger partial charge in [0.2, 0.25) is 0 Å². The second-order valence-corrected chi connectivity index (χ2v) is 33.1. The highest BCUT2D eigenvalue weighted by molar-refractivity contribution is 7.26. The summed E-state index contributed by atoms with van der Waals surface area (Å²) in [5.74, 6) is 0. The van der Waals surface area contributed by atoms with Crippen LogP contribution in [0.15, 0.2) is 200 Å². The fourth-order valence-electron chi connectivity index (χ4n) is 14.2. The van der Waals surface area contributed by atoms with Gasteiger partial charge in [-0.25, -0.2) is 0 Å². The number of hydrogen-bond donors (Lipinski definition) is 0. The van der Waals surface area contributed by atoms with Crippen LogP contribution in [-0.2, 0) is 32.5 Å². The Kier molecular flexibility index (Phi) is 13.6. The molecule has 4 heterocycles. The molecule has 0 unspecified atom stereocenters. The smallest absolute Gasteiger partial charge is 0.252 e. The predicted molar refractivity (Wildman–Crippen MR) is 395 cm³/mol. The summed E-state index contributed by atoms with van der Waals surface area (Å²) in [4.78, 5) is 7.70. The molecule has 0 amide bonds. The molecule has 12 aromatic rings. The van der Waals surface area contributed by atoms with Gasteiger partial charge in [0.15, 0.2) is 0 Å². The number of hydrogen-bond acceptors (Lipinski definition) is 4. The van der Waals surface area contributed by atoms with Crippen LogP contribution in [0.25, 0.3) is 47.7 Å². The van der Waals surface area contributed by atoms with Crippen LogP contribution < -0.4 is 31.1 Å². The van der Waals surface area contributed by atoms with E-state index in [0.717, 1.165) is 28.4 Å². The molecule has 452 valence electrons. The van der Waals surface area contributed by atoms with E-state index in [4.69, 9.17) is 0 Å². The van der Waals surface area contributed by atoms with Gasteiger partial charge in [-0.3, -0.25) is 0 Å². The molecule has 0 saturated heterocycles. The Labute approximate surface area is 539 Å². The first-order valence-corrected chi connectivity index (χ1v) is 33.4. The maximum atomic E-state index is 2.64. The molecule has 0 fully saturated rings. The standard InChI is InChI=1S/C84H87BN4S/c1-79(2,3)52-26-36-58(37-27-52)86(59-38-28-53(29-39-59)80(4,5)6)62-44-45-66-72(50-62)87(60-40-30-54(31-41-60)81(7,8)9)70-23-21-24-71-76(70)85(66)67-51-73(89-68-46-34-56(83(13,14)15)48-64(68)65-49-57(84(16,17)18)35-47-69(65)89)75-63-22-19-20-25-74(63)90-78(75)77(67)88(71)61-42-32-55(33-43-61)82(10,11)12/h19-51H,1-18H3. The van der Waals surface area contributed by atoms with Crippen molar-refractivity contribution in [1.82, 2.24) is 4.57 Å². The van der Waals surface area contributed by atoms with Crippen LogP contribution in [0.2, 0.25) is 0 Å². The molecule has 4 nitrogen and oxygen atoms in total. The molecular weight excluding hydrogens is 1110 g/mol. The second-order valence-electron chi connectivity index (χ2n) is 32.0. The number of thiophene rings is 1. The number of anilines is 9. The second kappa shape index (κ2) is 20.6. The average Bonchev–Trinajstić information content (AvgIpc) is 1.12. The van der Waals surface area contributed by atoms with Crippen LogP contribution in [0, 0.1) is 0 Å². The van der Waals surface area contributed by atoms with Gasteiger partial charge in [0.1, 0.15) is 0 Å². The Morgan fingerprint density at radius 2 is 0.756 bits per heavy atom. The number of rotatable bonds is 6. The van der Waals surface area contributed by atoms with E-state index in [1.807, 2.05) is 11.3 Å². The van der Waals surface area contributed by atoms with E-state index >= 15 is 0 Å². The van der Waals surface area contributed by atoms with Gasteiger partial charge < -0.3 is 19.3 Å². The lowest BCUT2D eigenvalue weighted by atomic mass is 9.33. The van der Waals surface area contributed by atoms with Gasteiger partial charge >= 0.3 is 0 Å². The van der Waals surface area contributed by atoms with Gasteiger partial charge in [-0.2, -0.15) is 0 Å². The number of benzene rings is 10. The molecule has 90 heavy (non-hydrogen) atoms.